The first kappa shape index (κ1) is 18.6. The van der Waals surface area contributed by atoms with E-state index in [0.29, 0.717) is 17.3 Å². The van der Waals surface area contributed by atoms with Crippen LogP contribution in [0.1, 0.15) is 0 Å². The standard InChI is InChI=1S/C18H21ClN4O3/c19-15-3-1-14(2-4-15)16-5-6-18(25)23(21-16)13-17(24)20-7-8-22-9-11-26-12-10-22/h1-6H,7-13H2,(H,20,24)/p+1. The number of rotatable bonds is 6. The highest BCUT2D eigenvalue weighted by Crippen LogP contribution is 2.18. The van der Waals surface area contributed by atoms with E-state index in [-0.39, 0.29) is 18.0 Å². The van der Waals surface area contributed by atoms with E-state index in [1.54, 1.807) is 18.2 Å². The zero-order valence-corrected chi connectivity index (χ0v) is 15.2. The van der Waals surface area contributed by atoms with Crippen molar-refractivity contribution < 1.29 is 14.4 Å². The number of aromatic nitrogens is 2. The van der Waals surface area contributed by atoms with Crippen molar-refractivity contribution in [1.82, 2.24) is 15.1 Å². The number of nitrogens with one attached hydrogen (secondary N) is 2. The maximum absolute atomic E-state index is 12.1. The number of carbonyl (C=O) groups is 1. The summed E-state index contributed by atoms with van der Waals surface area (Å²) < 4.78 is 6.49. The van der Waals surface area contributed by atoms with Crippen LogP contribution >= 0.6 is 11.6 Å². The Kier molecular flexibility index (Phi) is 6.38. The fourth-order valence-corrected chi connectivity index (χ4v) is 2.94. The van der Waals surface area contributed by atoms with Crippen molar-refractivity contribution >= 4 is 17.5 Å². The summed E-state index contributed by atoms with van der Waals surface area (Å²) in [6.45, 7) is 4.76. The second-order valence-electron chi connectivity index (χ2n) is 6.18. The van der Waals surface area contributed by atoms with Crippen LogP contribution in [0.3, 0.4) is 0 Å². The maximum atomic E-state index is 12.1. The molecule has 138 valence electrons. The first-order chi connectivity index (χ1) is 12.6. The third-order valence-electron chi connectivity index (χ3n) is 4.30. The van der Waals surface area contributed by atoms with Crippen molar-refractivity contribution in [2.75, 3.05) is 39.4 Å². The molecule has 8 heteroatoms. The lowest BCUT2D eigenvalue weighted by Crippen LogP contribution is -3.14. The third kappa shape index (κ3) is 5.14. The highest BCUT2D eigenvalue weighted by atomic mass is 35.5. The largest absolute Gasteiger partial charge is 0.370 e. The minimum absolute atomic E-state index is 0.0985. The van der Waals surface area contributed by atoms with Crippen LogP contribution in [0.4, 0.5) is 0 Å². The maximum Gasteiger partial charge on any atom is 0.267 e. The molecule has 2 heterocycles. The van der Waals surface area contributed by atoms with Gasteiger partial charge in [0.15, 0.2) is 0 Å². The Hall–Kier alpha value is -2.22. The van der Waals surface area contributed by atoms with E-state index in [4.69, 9.17) is 16.3 Å². The average Bonchev–Trinajstić information content (AvgIpc) is 2.65. The highest BCUT2D eigenvalue weighted by Gasteiger charge is 2.14. The molecule has 0 unspecified atom stereocenters. The zero-order valence-electron chi connectivity index (χ0n) is 14.4. The molecule has 0 saturated carbocycles. The van der Waals surface area contributed by atoms with Gasteiger partial charge in [-0.05, 0) is 18.2 Å². The Labute approximate surface area is 156 Å². The predicted molar refractivity (Wildman–Crippen MR) is 98.3 cm³/mol. The average molecular weight is 378 g/mol. The summed E-state index contributed by atoms with van der Waals surface area (Å²) in [7, 11) is 0. The molecule has 0 aliphatic carbocycles. The predicted octanol–water partition coefficient (Wildman–Crippen LogP) is -0.405. The molecular weight excluding hydrogens is 356 g/mol. The molecular formula is C18H22ClN4O3+. The number of amides is 1. The summed E-state index contributed by atoms with van der Waals surface area (Å²) in [6.07, 6.45) is 0. The number of carbonyl (C=O) groups excluding carboxylic acids is 1. The monoisotopic (exact) mass is 377 g/mol. The number of hydrogen-bond acceptors (Lipinski definition) is 4. The molecule has 1 aliphatic heterocycles. The number of hydrogen-bond donors (Lipinski definition) is 2. The summed E-state index contributed by atoms with van der Waals surface area (Å²) >= 11 is 5.89. The van der Waals surface area contributed by atoms with Gasteiger partial charge in [-0.15, -0.1) is 0 Å². The number of halogens is 1. The molecule has 2 aromatic rings. The van der Waals surface area contributed by atoms with Crippen LogP contribution < -0.4 is 15.8 Å². The summed E-state index contributed by atoms with van der Waals surface area (Å²) in [6, 6.07) is 10.2. The summed E-state index contributed by atoms with van der Waals surface area (Å²) in [5, 5.41) is 7.77. The van der Waals surface area contributed by atoms with E-state index < -0.39 is 0 Å². The molecule has 1 aromatic heterocycles. The highest BCUT2D eigenvalue weighted by molar-refractivity contribution is 6.30. The Bertz CT molecular complexity index is 801. The molecule has 0 radical (unpaired) electrons. The van der Waals surface area contributed by atoms with Gasteiger partial charge < -0.3 is 15.0 Å². The van der Waals surface area contributed by atoms with Gasteiger partial charge in [-0.1, -0.05) is 23.7 Å². The molecule has 1 aromatic carbocycles. The lowest BCUT2D eigenvalue weighted by molar-refractivity contribution is -0.906. The SMILES string of the molecule is O=C(Cn1nc(-c2ccc(Cl)cc2)ccc1=O)NCC[NH+]1CCOCC1. The molecule has 0 bridgehead atoms. The van der Waals surface area contributed by atoms with Crippen molar-refractivity contribution in [3.05, 3.63) is 51.8 Å². The van der Waals surface area contributed by atoms with Crippen LogP contribution in [0.25, 0.3) is 11.3 Å². The van der Waals surface area contributed by atoms with Crippen LogP contribution in [0, 0.1) is 0 Å². The first-order valence-corrected chi connectivity index (χ1v) is 9.02. The fraction of sp³-hybridized carbons (Fsp3) is 0.389. The lowest BCUT2D eigenvalue weighted by atomic mass is 10.1. The van der Waals surface area contributed by atoms with Gasteiger partial charge in [-0.3, -0.25) is 9.59 Å². The molecule has 2 N–H and O–H groups in total. The van der Waals surface area contributed by atoms with Crippen LogP contribution in [0.2, 0.25) is 5.02 Å². The quantitative estimate of drug-likeness (QED) is 0.718. The summed E-state index contributed by atoms with van der Waals surface area (Å²) in [5.41, 5.74) is 1.14. The van der Waals surface area contributed by atoms with Gasteiger partial charge in [-0.25, -0.2) is 4.68 Å². The minimum Gasteiger partial charge on any atom is -0.370 e. The summed E-state index contributed by atoms with van der Waals surface area (Å²) in [4.78, 5) is 25.5. The van der Waals surface area contributed by atoms with Crippen molar-refractivity contribution in [3.8, 4) is 11.3 Å². The Morgan fingerprint density at radius 1 is 1.19 bits per heavy atom. The number of nitrogens with zero attached hydrogens (tertiary/aromatic N) is 2. The molecule has 0 atom stereocenters. The first-order valence-electron chi connectivity index (χ1n) is 8.64. The van der Waals surface area contributed by atoms with Crippen LogP contribution in [-0.4, -0.2) is 55.1 Å². The van der Waals surface area contributed by atoms with Crippen molar-refractivity contribution in [2.24, 2.45) is 0 Å². The van der Waals surface area contributed by atoms with Gasteiger partial charge in [0.2, 0.25) is 5.91 Å². The van der Waals surface area contributed by atoms with Gasteiger partial charge in [0.05, 0.1) is 32.0 Å². The van der Waals surface area contributed by atoms with E-state index in [2.05, 4.69) is 10.4 Å². The van der Waals surface area contributed by atoms with E-state index in [1.165, 1.54) is 15.6 Å². The van der Waals surface area contributed by atoms with Gasteiger partial charge in [-0.2, -0.15) is 5.10 Å². The van der Waals surface area contributed by atoms with Crippen LogP contribution in [-0.2, 0) is 16.1 Å². The molecule has 7 nitrogen and oxygen atoms in total. The van der Waals surface area contributed by atoms with E-state index in [9.17, 15) is 9.59 Å². The molecule has 3 rings (SSSR count). The smallest absolute Gasteiger partial charge is 0.267 e. The van der Waals surface area contributed by atoms with Gasteiger partial charge in [0, 0.05) is 16.7 Å². The third-order valence-corrected chi connectivity index (χ3v) is 4.55. The topological polar surface area (TPSA) is 77.7 Å². The number of quaternary nitrogens is 1. The van der Waals surface area contributed by atoms with Gasteiger partial charge >= 0.3 is 0 Å². The number of morpholine rings is 1. The van der Waals surface area contributed by atoms with E-state index in [1.807, 2.05) is 12.1 Å². The fourth-order valence-electron chi connectivity index (χ4n) is 2.82. The van der Waals surface area contributed by atoms with Crippen LogP contribution in [0.5, 0.6) is 0 Å². The van der Waals surface area contributed by atoms with Crippen molar-refractivity contribution in [3.63, 3.8) is 0 Å². The van der Waals surface area contributed by atoms with E-state index >= 15 is 0 Å². The number of benzene rings is 1. The van der Waals surface area contributed by atoms with Crippen molar-refractivity contribution in [1.29, 1.82) is 0 Å². The molecule has 0 spiro atoms. The molecule has 1 fully saturated rings. The lowest BCUT2D eigenvalue weighted by Gasteiger charge is -2.23. The van der Waals surface area contributed by atoms with Crippen molar-refractivity contribution in [2.45, 2.75) is 6.54 Å². The Morgan fingerprint density at radius 2 is 1.92 bits per heavy atom. The van der Waals surface area contributed by atoms with Gasteiger partial charge in [0.25, 0.3) is 5.56 Å². The second kappa shape index (κ2) is 8.93. The normalized spacial score (nSPS) is 15.0. The van der Waals surface area contributed by atoms with E-state index in [0.717, 1.165) is 38.4 Å². The molecule has 1 amide bonds. The number of ether oxygens (including phenoxy) is 1. The van der Waals surface area contributed by atoms with Gasteiger partial charge in [0.1, 0.15) is 19.6 Å². The minimum atomic E-state index is -0.309. The second-order valence-corrected chi connectivity index (χ2v) is 6.62. The van der Waals surface area contributed by atoms with Crippen LogP contribution in [0.15, 0.2) is 41.2 Å². The Morgan fingerprint density at radius 3 is 2.65 bits per heavy atom. The summed E-state index contributed by atoms with van der Waals surface area (Å²) in [5.74, 6) is -0.222. The molecule has 1 saturated heterocycles. The molecule has 1 aliphatic rings. The Balaban J connectivity index is 1.58. The zero-order chi connectivity index (χ0) is 18.4. The molecule has 26 heavy (non-hydrogen) atoms.